The van der Waals surface area contributed by atoms with Gasteiger partial charge >= 0.3 is 39.5 Å². The van der Waals surface area contributed by atoms with Crippen molar-refractivity contribution in [3.8, 4) is 0 Å². The highest BCUT2D eigenvalue weighted by Gasteiger charge is 2.30. The first kappa shape index (κ1) is 98.1. The summed E-state index contributed by atoms with van der Waals surface area (Å²) in [6, 6.07) is 0. The van der Waals surface area contributed by atoms with Crippen molar-refractivity contribution in [3.63, 3.8) is 0 Å². The Morgan fingerprint density at radius 2 is 0.460 bits per heavy atom. The largest absolute Gasteiger partial charge is 0.472 e. The number of hydrogen-bond donors (Lipinski definition) is 3. The van der Waals surface area contributed by atoms with Crippen LogP contribution < -0.4 is 0 Å². The van der Waals surface area contributed by atoms with Gasteiger partial charge in [-0.25, -0.2) is 9.13 Å². The molecule has 0 heterocycles. The zero-order valence-corrected chi connectivity index (χ0v) is 67.5. The molecule has 17 nitrogen and oxygen atoms in total. The van der Waals surface area contributed by atoms with Crippen molar-refractivity contribution >= 4 is 39.5 Å². The van der Waals surface area contributed by atoms with Crippen molar-refractivity contribution in [3.05, 3.63) is 0 Å². The molecule has 0 aromatic carbocycles. The van der Waals surface area contributed by atoms with Gasteiger partial charge in [0.05, 0.1) is 26.4 Å². The molecule has 0 aromatic heterocycles. The summed E-state index contributed by atoms with van der Waals surface area (Å²) in [5, 5.41) is 10.6. The van der Waals surface area contributed by atoms with E-state index in [1.807, 2.05) is 0 Å². The molecule has 2 unspecified atom stereocenters. The topological polar surface area (TPSA) is 237 Å². The molecule has 0 aliphatic heterocycles. The van der Waals surface area contributed by atoms with E-state index < -0.39 is 97.5 Å². The average molecular weight is 1470 g/mol. The molecule has 0 aliphatic carbocycles. The van der Waals surface area contributed by atoms with E-state index in [0.717, 1.165) is 120 Å². The Morgan fingerprint density at radius 1 is 0.270 bits per heavy atom. The van der Waals surface area contributed by atoms with Gasteiger partial charge in [0, 0.05) is 25.7 Å². The minimum Gasteiger partial charge on any atom is -0.462 e. The molecular formula is C81H158O17P2. The Kier molecular flexibility index (Phi) is 69.9. The number of aliphatic hydroxyl groups is 1. The first-order chi connectivity index (χ1) is 48.2. The lowest BCUT2D eigenvalue weighted by atomic mass is 10.0. The lowest BCUT2D eigenvalue weighted by molar-refractivity contribution is -0.161. The van der Waals surface area contributed by atoms with Gasteiger partial charge in [-0.15, -0.1) is 0 Å². The normalized spacial score (nSPS) is 14.0. The highest BCUT2D eigenvalue weighted by atomic mass is 31.2. The van der Waals surface area contributed by atoms with Crippen molar-refractivity contribution in [2.75, 3.05) is 39.6 Å². The summed E-state index contributed by atoms with van der Waals surface area (Å²) >= 11 is 0. The zero-order valence-electron chi connectivity index (χ0n) is 65.7. The lowest BCUT2D eigenvalue weighted by Gasteiger charge is -2.21. The second-order valence-corrected chi connectivity index (χ2v) is 33.5. The molecule has 0 fully saturated rings. The number of unbranched alkanes of at least 4 members (excludes halogenated alkanes) is 47. The summed E-state index contributed by atoms with van der Waals surface area (Å²) in [5.74, 6) is 0.290. The van der Waals surface area contributed by atoms with Gasteiger partial charge in [-0.05, 0) is 43.4 Å². The predicted molar refractivity (Wildman–Crippen MR) is 409 cm³/mol. The number of phosphoric acid groups is 2. The smallest absolute Gasteiger partial charge is 0.462 e. The molecule has 3 N–H and O–H groups in total. The van der Waals surface area contributed by atoms with Crippen molar-refractivity contribution in [1.82, 2.24) is 0 Å². The fourth-order valence-electron chi connectivity index (χ4n) is 12.5. The molecule has 0 saturated heterocycles. The Bertz CT molecular complexity index is 1940. The molecule has 19 heteroatoms. The van der Waals surface area contributed by atoms with Gasteiger partial charge in [0.15, 0.2) is 12.2 Å². The number of hydrogen-bond acceptors (Lipinski definition) is 15. The van der Waals surface area contributed by atoms with Gasteiger partial charge in [-0.2, -0.15) is 0 Å². The first-order valence-corrected chi connectivity index (χ1v) is 44.8. The highest BCUT2D eigenvalue weighted by molar-refractivity contribution is 7.47. The van der Waals surface area contributed by atoms with Crippen molar-refractivity contribution in [1.29, 1.82) is 0 Å². The molecule has 0 saturated carbocycles. The summed E-state index contributed by atoms with van der Waals surface area (Å²) in [7, 11) is -9.92. The van der Waals surface area contributed by atoms with Crippen LogP contribution in [0.2, 0.25) is 0 Å². The number of rotatable bonds is 79. The molecule has 5 atom stereocenters. The van der Waals surface area contributed by atoms with Crippen LogP contribution in [0.3, 0.4) is 0 Å². The van der Waals surface area contributed by atoms with E-state index in [-0.39, 0.29) is 25.7 Å². The van der Waals surface area contributed by atoms with Crippen molar-refractivity contribution in [2.45, 2.75) is 439 Å². The van der Waals surface area contributed by atoms with Gasteiger partial charge in [-0.3, -0.25) is 37.3 Å². The minimum atomic E-state index is -4.96. The number of carbonyl (C=O) groups is 4. The number of ether oxygens (including phenoxy) is 4. The quantitative estimate of drug-likeness (QED) is 0.0222. The molecule has 0 aromatic rings. The van der Waals surface area contributed by atoms with E-state index in [0.29, 0.717) is 25.7 Å². The minimum absolute atomic E-state index is 0.107. The summed E-state index contributed by atoms with van der Waals surface area (Å²) in [6.07, 6.45) is 59.8. The third-order valence-corrected chi connectivity index (χ3v) is 20.8. The second-order valence-electron chi connectivity index (χ2n) is 30.6. The van der Waals surface area contributed by atoms with Gasteiger partial charge in [0.2, 0.25) is 0 Å². The molecule has 0 bridgehead atoms. The highest BCUT2D eigenvalue weighted by Crippen LogP contribution is 2.45. The maximum Gasteiger partial charge on any atom is 0.472 e. The summed E-state index contributed by atoms with van der Waals surface area (Å²) in [6.45, 7) is 12.0. The van der Waals surface area contributed by atoms with E-state index in [9.17, 15) is 43.2 Å². The standard InChI is InChI=1S/C81H158O17P2/c1-8-9-10-11-38-48-55-62-78(83)91-68-76(97-80(85)64-58-51-44-37-31-25-19-18-22-28-34-41-47-54-61-74(6)7)70-95-99(87,88)93-66-75(82)67-94-100(89,90)96-71-77(98-81(86)65-57-50-43-36-30-24-17-13-15-21-27-33-40-46-53-60-73(4)5)69-92-79(84)63-56-49-42-35-29-23-16-12-14-20-26-32-39-45-52-59-72(2)3/h72-77,82H,8-71H2,1-7H3,(H,87,88)(H,89,90)/t75-,76+,77+/m0/s1. The van der Waals surface area contributed by atoms with Crippen LogP contribution >= 0.6 is 15.6 Å². The second kappa shape index (κ2) is 71.3. The van der Waals surface area contributed by atoms with Crippen LogP contribution in [0.25, 0.3) is 0 Å². The average Bonchev–Trinajstić information content (AvgIpc) is 0.921. The van der Waals surface area contributed by atoms with E-state index in [1.165, 1.54) is 218 Å². The van der Waals surface area contributed by atoms with Crippen molar-refractivity contribution < 1.29 is 80.2 Å². The Labute approximate surface area is 613 Å². The fraction of sp³-hybridized carbons (Fsp3) is 0.951. The van der Waals surface area contributed by atoms with E-state index in [1.54, 1.807) is 0 Å². The summed E-state index contributed by atoms with van der Waals surface area (Å²) in [4.78, 5) is 72.9. The van der Waals surface area contributed by atoms with Crippen LogP contribution in [0.4, 0.5) is 0 Å². The number of aliphatic hydroxyl groups excluding tert-OH is 1. The third kappa shape index (κ3) is 74.3. The van der Waals surface area contributed by atoms with Crippen LogP contribution in [0, 0.1) is 17.8 Å². The Hall–Kier alpha value is -1.94. The van der Waals surface area contributed by atoms with Crippen LogP contribution in [-0.2, 0) is 65.4 Å². The summed E-state index contributed by atoms with van der Waals surface area (Å²) in [5.41, 5.74) is 0. The monoisotopic (exact) mass is 1470 g/mol. The van der Waals surface area contributed by atoms with E-state index in [4.69, 9.17) is 37.0 Å². The molecule has 594 valence electrons. The first-order valence-electron chi connectivity index (χ1n) is 41.8. The SMILES string of the molecule is CCCCCCCCCC(=O)OC[C@H](COP(=O)(O)OC[C@H](O)COP(=O)(O)OC[C@@H](COC(=O)CCCCCCCCCCCCCCCCCC(C)C)OC(=O)CCCCCCCCCCCCCCCCCC(C)C)OC(=O)CCCCCCCCCCCCCCCCC(C)C. The Balaban J connectivity index is 5.18. The predicted octanol–water partition coefficient (Wildman–Crippen LogP) is 24.1. The third-order valence-electron chi connectivity index (χ3n) is 18.9. The molecule has 0 radical (unpaired) electrons. The van der Waals surface area contributed by atoms with Gasteiger partial charge in [0.25, 0.3) is 0 Å². The number of esters is 4. The maximum atomic E-state index is 13.1. The van der Waals surface area contributed by atoms with Crippen LogP contribution in [0.5, 0.6) is 0 Å². The molecule has 0 amide bonds. The molecule has 0 spiro atoms. The van der Waals surface area contributed by atoms with Crippen LogP contribution in [0.15, 0.2) is 0 Å². The summed E-state index contributed by atoms with van der Waals surface area (Å²) < 4.78 is 68.6. The van der Waals surface area contributed by atoms with Crippen LogP contribution in [-0.4, -0.2) is 96.7 Å². The van der Waals surface area contributed by atoms with Gasteiger partial charge < -0.3 is 33.8 Å². The molecule has 100 heavy (non-hydrogen) atoms. The maximum absolute atomic E-state index is 13.1. The number of carbonyl (C=O) groups excluding carboxylic acids is 4. The molecule has 0 aliphatic rings. The number of phosphoric ester groups is 2. The van der Waals surface area contributed by atoms with Crippen LogP contribution in [0.1, 0.15) is 421 Å². The van der Waals surface area contributed by atoms with Gasteiger partial charge in [0.1, 0.15) is 19.3 Å². The fourth-order valence-corrected chi connectivity index (χ4v) is 14.1. The molecule has 0 rings (SSSR count). The van der Waals surface area contributed by atoms with Crippen molar-refractivity contribution in [2.24, 2.45) is 17.8 Å². The van der Waals surface area contributed by atoms with E-state index >= 15 is 0 Å². The lowest BCUT2D eigenvalue weighted by Crippen LogP contribution is -2.30. The Morgan fingerprint density at radius 3 is 0.680 bits per heavy atom. The molecular weight excluding hydrogens is 1310 g/mol. The zero-order chi connectivity index (χ0) is 73.7. The van der Waals surface area contributed by atoms with E-state index in [2.05, 4.69) is 48.5 Å². The van der Waals surface area contributed by atoms with Gasteiger partial charge in [-0.1, -0.05) is 370 Å².